The van der Waals surface area contributed by atoms with Gasteiger partial charge in [-0.3, -0.25) is 9.59 Å². The van der Waals surface area contributed by atoms with E-state index in [1.54, 1.807) is 0 Å². The van der Waals surface area contributed by atoms with E-state index >= 15 is 0 Å². The second-order valence-electron chi connectivity index (χ2n) is 14.4. The number of anilines is 2. The van der Waals surface area contributed by atoms with Crippen LogP contribution in [0, 0.1) is 10.8 Å². The van der Waals surface area contributed by atoms with E-state index in [0.29, 0.717) is 24.0 Å². The van der Waals surface area contributed by atoms with Crippen LogP contribution in [0.2, 0.25) is 0 Å². The summed E-state index contributed by atoms with van der Waals surface area (Å²) in [6, 6.07) is 29.1. The number of aromatic nitrogens is 1. The fourth-order valence-corrected chi connectivity index (χ4v) is 6.85. The van der Waals surface area contributed by atoms with Gasteiger partial charge >= 0.3 is 0 Å². The molecule has 0 fully saturated rings. The first kappa shape index (κ1) is 33.9. The van der Waals surface area contributed by atoms with E-state index in [-0.39, 0.29) is 24.0 Å². The van der Waals surface area contributed by atoms with Gasteiger partial charge in [-0.1, -0.05) is 70.2 Å². The number of carbonyl (C=O) groups is 2. The Balaban J connectivity index is 0.00000433. The Hall–Kier alpha value is -4.48. The average Bonchev–Trinajstić information content (AvgIpc) is 3.01. The van der Waals surface area contributed by atoms with Crippen molar-refractivity contribution in [3.63, 3.8) is 0 Å². The van der Waals surface area contributed by atoms with E-state index in [2.05, 4.69) is 115 Å². The van der Waals surface area contributed by atoms with Crippen LogP contribution in [0.3, 0.4) is 0 Å². The van der Waals surface area contributed by atoms with E-state index in [1.165, 1.54) is 0 Å². The van der Waals surface area contributed by atoms with Crippen molar-refractivity contribution in [3.8, 4) is 5.69 Å². The van der Waals surface area contributed by atoms with Gasteiger partial charge in [-0.05, 0) is 53.6 Å². The van der Waals surface area contributed by atoms with Gasteiger partial charge in [-0.25, -0.2) is 0 Å². The molecule has 0 aliphatic heterocycles. The van der Waals surface area contributed by atoms with Gasteiger partial charge in [0.05, 0.1) is 11.1 Å². The number of fused-ring (bicyclic) bond motifs is 2. The predicted octanol–water partition coefficient (Wildman–Crippen LogP) is 5.41. The smallest absolute Gasteiger partial charge is 0.226 e. The number of pyridine rings is 1. The summed E-state index contributed by atoms with van der Waals surface area (Å²) in [5, 5.41) is 0. The van der Waals surface area contributed by atoms with Crippen LogP contribution < -0.4 is 26.8 Å². The van der Waals surface area contributed by atoms with Crippen LogP contribution in [-0.4, -0.2) is 39.8 Å². The summed E-state index contributed by atoms with van der Waals surface area (Å²) < 4.78 is 2.21. The molecule has 0 radical (unpaired) electrons. The summed E-state index contributed by atoms with van der Waals surface area (Å²) in [5.41, 5.74) is 9.56. The highest BCUT2D eigenvalue weighted by Crippen LogP contribution is 2.49. The summed E-state index contributed by atoms with van der Waals surface area (Å²) in [6.07, 6.45) is 5.21. The van der Waals surface area contributed by atoms with Crippen molar-refractivity contribution < 1.29 is 26.6 Å². The molecule has 0 saturated carbocycles. The maximum Gasteiger partial charge on any atom is 0.226 e. The van der Waals surface area contributed by atoms with Crippen LogP contribution in [0.4, 0.5) is 11.4 Å². The normalized spacial score (nSPS) is 18.0. The lowest BCUT2D eigenvalue weighted by molar-refractivity contribution is -0.602. The number of para-hydroxylation sites is 1. The van der Waals surface area contributed by atoms with Gasteiger partial charge in [-0.15, -0.1) is 0 Å². The van der Waals surface area contributed by atoms with Gasteiger partial charge in [0.2, 0.25) is 17.1 Å². The molecule has 5 nitrogen and oxygen atoms in total. The second kappa shape index (κ2) is 12.6. The third-order valence-corrected chi connectivity index (χ3v) is 9.48. The van der Waals surface area contributed by atoms with Gasteiger partial charge < -0.3 is 22.2 Å². The SMILES string of the molecule is CN(C)c1ccc(/C=C2\c3c(cc4c([n+]3-c3ccccc3)/C(=C/c3ccc(N(C)C)cc3)C(C)(C)CC4=O)C(=O)CC2(C)C)cc1.[Cl-]. The fourth-order valence-electron chi connectivity index (χ4n) is 6.85. The Morgan fingerprint density at radius 3 is 1.34 bits per heavy atom. The van der Waals surface area contributed by atoms with Gasteiger partial charge in [0, 0.05) is 86.5 Å². The highest BCUT2D eigenvalue weighted by molar-refractivity contribution is 6.11. The first-order valence-electron chi connectivity index (χ1n) is 16.0. The number of ketones is 2. The van der Waals surface area contributed by atoms with Crippen LogP contribution in [0.1, 0.15) is 83.8 Å². The Morgan fingerprint density at radius 1 is 0.596 bits per heavy atom. The number of hydrogen-bond acceptors (Lipinski definition) is 4. The molecule has 6 heteroatoms. The number of carbonyl (C=O) groups excluding carboxylic acids is 2. The molecule has 2 aliphatic carbocycles. The van der Waals surface area contributed by atoms with E-state index < -0.39 is 10.8 Å². The molecule has 242 valence electrons. The molecule has 0 amide bonds. The minimum absolute atomic E-state index is 0. The summed E-state index contributed by atoms with van der Waals surface area (Å²) in [6.45, 7) is 8.61. The summed E-state index contributed by atoms with van der Waals surface area (Å²) in [5.74, 6) is 0.130. The molecule has 6 rings (SSSR count). The summed E-state index contributed by atoms with van der Waals surface area (Å²) >= 11 is 0. The number of allylic oxidation sites excluding steroid dienone is 2. The fraction of sp³-hybridized carbons (Fsp3) is 0.293. The maximum absolute atomic E-state index is 14.0. The molecule has 3 aromatic carbocycles. The van der Waals surface area contributed by atoms with Crippen LogP contribution >= 0.6 is 0 Å². The lowest BCUT2D eigenvalue weighted by atomic mass is 9.67. The number of Topliss-reactive ketones (excluding diaryl/α,β-unsaturated/α-hetero) is 2. The molecule has 47 heavy (non-hydrogen) atoms. The number of nitrogens with zero attached hydrogens (tertiary/aromatic N) is 3. The zero-order valence-electron chi connectivity index (χ0n) is 28.7. The van der Waals surface area contributed by atoms with E-state index in [1.807, 2.05) is 52.5 Å². The van der Waals surface area contributed by atoms with Crippen LogP contribution in [0.5, 0.6) is 0 Å². The standard InChI is InChI=1S/C41H44N3O2.ClH/c1-40(2)25-36(45)32-24-33-37(46)26-41(3,4)35(23-28-16-20-30(21-17-28)43(7)8)39(33)44(31-12-10-9-11-13-31)38(32)34(40)22-27-14-18-29(19-15-27)42(5)6;/h9-24H,25-26H2,1-8H3;1H/q+1;/p-1. The Kier molecular flexibility index (Phi) is 9.09. The van der Waals surface area contributed by atoms with Crippen LogP contribution in [0.15, 0.2) is 84.9 Å². The Morgan fingerprint density at radius 2 is 0.979 bits per heavy atom. The van der Waals surface area contributed by atoms with Crippen molar-refractivity contribution in [1.82, 2.24) is 0 Å². The van der Waals surface area contributed by atoms with Gasteiger partial charge in [0.15, 0.2) is 11.6 Å². The molecule has 1 heterocycles. The highest BCUT2D eigenvalue weighted by Gasteiger charge is 2.48. The van der Waals surface area contributed by atoms with Crippen molar-refractivity contribution in [1.29, 1.82) is 0 Å². The average molecular weight is 646 g/mol. The molecule has 2 aliphatic rings. The maximum atomic E-state index is 14.0. The molecule has 0 atom stereocenters. The molecule has 4 aromatic rings. The first-order valence-corrected chi connectivity index (χ1v) is 16.0. The van der Waals surface area contributed by atoms with Crippen molar-refractivity contribution in [2.75, 3.05) is 38.0 Å². The Bertz CT molecular complexity index is 1780. The van der Waals surface area contributed by atoms with Crippen LogP contribution in [-0.2, 0) is 0 Å². The minimum Gasteiger partial charge on any atom is -1.00 e. The first-order chi connectivity index (χ1) is 21.8. The topological polar surface area (TPSA) is 44.5 Å². The molecular formula is C41H44ClN3O2. The number of benzene rings is 3. The van der Waals surface area contributed by atoms with E-state index in [0.717, 1.165) is 50.7 Å². The largest absolute Gasteiger partial charge is 1.00 e. The molecule has 0 N–H and O–H groups in total. The second-order valence-corrected chi connectivity index (χ2v) is 14.4. The molecule has 0 unspecified atom stereocenters. The monoisotopic (exact) mass is 645 g/mol. The lowest BCUT2D eigenvalue weighted by Crippen LogP contribution is -3.00. The van der Waals surface area contributed by atoms with E-state index in [9.17, 15) is 9.59 Å². The van der Waals surface area contributed by atoms with Crippen molar-refractivity contribution >= 4 is 46.2 Å². The van der Waals surface area contributed by atoms with Crippen molar-refractivity contribution in [3.05, 3.63) is 119 Å². The van der Waals surface area contributed by atoms with Crippen molar-refractivity contribution in [2.45, 2.75) is 40.5 Å². The van der Waals surface area contributed by atoms with Crippen LogP contribution in [0.25, 0.3) is 29.0 Å². The van der Waals surface area contributed by atoms with Crippen molar-refractivity contribution in [2.24, 2.45) is 10.8 Å². The quantitative estimate of drug-likeness (QED) is 0.273. The number of halogens is 1. The van der Waals surface area contributed by atoms with Gasteiger partial charge in [0.1, 0.15) is 0 Å². The summed E-state index contributed by atoms with van der Waals surface area (Å²) in [4.78, 5) is 32.2. The Labute approximate surface area is 285 Å². The molecular weight excluding hydrogens is 602 g/mol. The molecule has 1 aromatic heterocycles. The minimum atomic E-state index is -0.435. The number of rotatable bonds is 5. The third kappa shape index (κ3) is 6.29. The van der Waals surface area contributed by atoms with Gasteiger partial charge in [-0.2, -0.15) is 4.57 Å². The zero-order chi connectivity index (χ0) is 33.0. The lowest BCUT2D eigenvalue weighted by Gasteiger charge is -2.36. The predicted molar refractivity (Wildman–Crippen MR) is 191 cm³/mol. The molecule has 0 saturated heterocycles. The van der Waals surface area contributed by atoms with Gasteiger partial charge in [0.25, 0.3) is 0 Å². The highest BCUT2D eigenvalue weighted by atomic mass is 35.5. The third-order valence-electron chi connectivity index (χ3n) is 9.48. The molecule has 0 spiro atoms. The molecule has 0 bridgehead atoms. The summed E-state index contributed by atoms with van der Waals surface area (Å²) in [7, 11) is 8.15. The van der Waals surface area contributed by atoms with E-state index in [4.69, 9.17) is 0 Å². The number of hydrogen-bond donors (Lipinski definition) is 0. The zero-order valence-corrected chi connectivity index (χ0v) is 29.4.